The molecule has 0 aromatic heterocycles. The van der Waals surface area contributed by atoms with Gasteiger partial charge < -0.3 is 14.8 Å². The maximum Gasteiger partial charge on any atom is 0.230 e. The Morgan fingerprint density at radius 1 is 1.30 bits per heavy atom. The fraction of sp³-hybridized carbons (Fsp3) is 0.562. The van der Waals surface area contributed by atoms with Gasteiger partial charge in [-0.1, -0.05) is 32.9 Å². The van der Waals surface area contributed by atoms with Gasteiger partial charge in [0, 0.05) is 12.0 Å². The molecule has 0 heterocycles. The quantitative estimate of drug-likeness (QED) is 0.772. The van der Waals surface area contributed by atoms with Crippen molar-refractivity contribution >= 4 is 11.6 Å². The Kier molecular flexibility index (Phi) is 6.02. The Morgan fingerprint density at radius 3 is 2.55 bits per heavy atom. The molecule has 0 saturated carbocycles. The van der Waals surface area contributed by atoms with Crippen molar-refractivity contribution in [1.82, 2.24) is 0 Å². The molecule has 1 aromatic carbocycles. The smallest absolute Gasteiger partial charge is 0.230 e. The molecule has 0 spiro atoms. The van der Waals surface area contributed by atoms with E-state index in [9.17, 15) is 4.79 Å². The lowest BCUT2D eigenvalue weighted by atomic mass is 9.89. The summed E-state index contributed by atoms with van der Waals surface area (Å²) < 4.78 is 11.1. The molecule has 0 aliphatic rings. The van der Waals surface area contributed by atoms with Gasteiger partial charge in [0.15, 0.2) is 6.29 Å². The van der Waals surface area contributed by atoms with Crippen LogP contribution in [0.15, 0.2) is 24.3 Å². The van der Waals surface area contributed by atoms with Gasteiger partial charge in [-0.05, 0) is 32.4 Å². The summed E-state index contributed by atoms with van der Waals surface area (Å²) in [5.41, 5.74) is 0.268. The first-order valence-corrected chi connectivity index (χ1v) is 7.09. The molecular weight excluding hydrogens is 254 g/mol. The summed E-state index contributed by atoms with van der Waals surface area (Å²) in [6, 6.07) is 7.39. The zero-order valence-electron chi connectivity index (χ0n) is 13.0. The molecule has 0 bridgehead atoms. The Morgan fingerprint density at radius 2 is 1.95 bits per heavy atom. The van der Waals surface area contributed by atoms with Gasteiger partial charge in [0.05, 0.1) is 5.69 Å². The molecule has 0 saturated heterocycles. The van der Waals surface area contributed by atoms with Crippen LogP contribution in [0, 0.1) is 5.41 Å². The molecule has 0 aliphatic heterocycles. The number of benzene rings is 1. The zero-order valence-corrected chi connectivity index (χ0v) is 13.0. The number of hydrogen-bond donors (Lipinski definition) is 1. The van der Waals surface area contributed by atoms with Crippen molar-refractivity contribution in [3.63, 3.8) is 0 Å². The first-order chi connectivity index (χ1) is 9.40. The minimum Gasteiger partial charge on any atom is -0.463 e. The zero-order chi connectivity index (χ0) is 15.2. The highest BCUT2D eigenvalue weighted by molar-refractivity contribution is 5.95. The second-order valence-corrected chi connectivity index (χ2v) is 5.33. The van der Waals surface area contributed by atoms with E-state index in [0.717, 1.165) is 6.42 Å². The molecule has 0 fully saturated rings. The number of nitrogens with one attached hydrogen (secondary N) is 1. The molecule has 4 nitrogen and oxygen atoms in total. The third kappa shape index (κ3) is 4.53. The summed E-state index contributed by atoms with van der Waals surface area (Å²) in [5, 5.41) is 2.93. The van der Waals surface area contributed by atoms with E-state index in [1.54, 1.807) is 0 Å². The lowest BCUT2D eigenvalue weighted by Crippen LogP contribution is -2.30. The monoisotopic (exact) mass is 279 g/mol. The van der Waals surface area contributed by atoms with Crippen molar-refractivity contribution in [3.05, 3.63) is 24.3 Å². The van der Waals surface area contributed by atoms with Gasteiger partial charge >= 0.3 is 0 Å². The van der Waals surface area contributed by atoms with Crippen molar-refractivity contribution < 1.29 is 14.3 Å². The molecule has 0 aliphatic carbocycles. The van der Waals surface area contributed by atoms with E-state index in [4.69, 9.17) is 9.47 Å². The van der Waals surface area contributed by atoms with Gasteiger partial charge in [-0.3, -0.25) is 4.79 Å². The Bertz CT molecular complexity index is 443. The van der Waals surface area contributed by atoms with Crippen molar-refractivity contribution in [1.29, 1.82) is 0 Å². The van der Waals surface area contributed by atoms with Crippen LogP contribution in [0.4, 0.5) is 5.69 Å². The molecule has 112 valence electrons. The van der Waals surface area contributed by atoms with Gasteiger partial charge in [0.1, 0.15) is 5.75 Å². The Balaban J connectivity index is 2.83. The van der Waals surface area contributed by atoms with Crippen LogP contribution in [-0.2, 0) is 9.53 Å². The van der Waals surface area contributed by atoms with Crippen LogP contribution < -0.4 is 10.1 Å². The molecule has 4 heteroatoms. The highest BCUT2D eigenvalue weighted by atomic mass is 16.7. The van der Waals surface area contributed by atoms with Gasteiger partial charge in [-0.25, -0.2) is 0 Å². The molecule has 1 atom stereocenters. The Labute approximate surface area is 121 Å². The predicted molar refractivity (Wildman–Crippen MR) is 80.9 cm³/mol. The first kappa shape index (κ1) is 16.5. The molecule has 1 N–H and O–H groups in total. The van der Waals surface area contributed by atoms with Crippen LogP contribution in [0.2, 0.25) is 0 Å². The van der Waals surface area contributed by atoms with Crippen molar-refractivity contribution in [3.8, 4) is 5.75 Å². The highest BCUT2D eigenvalue weighted by Gasteiger charge is 2.26. The normalized spacial score (nSPS) is 12.8. The van der Waals surface area contributed by atoms with Crippen molar-refractivity contribution in [2.75, 3.05) is 11.9 Å². The van der Waals surface area contributed by atoms with Crippen molar-refractivity contribution in [2.24, 2.45) is 5.41 Å². The summed E-state index contributed by atoms with van der Waals surface area (Å²) in [6.07, 6.45) is 0.425. The van der Waals surface area contributed by atoms with Crippen LogP contribution in [0.1, 0.15) is 41.0 Å². The lowest BCUT2D eigenvalue weighted by Gasteiger charge is -2.23. The number of hydrogen-bond acceptors (Lipinski definition) is 3. The third-order valence-corrected chi connectivity index (χ3v) is 3.33. The lowest BCUT2D eigenvalue weighted by molar-refractivity contribution is -0.124. The number of carbonyl (C=O) groups is 1. The number of ether oxygens (including phenoxy) is 2. The van der Waals surface area contributed by atoms with E-state index < -0.39 is 5.41 Å². The standard InChI is InChI=1S/C16H25NO3/c1-6-16(4,5)15(18)17-13-10-8-9-11-14(13)20-12(3)19-7-2/h8-12H,6-7H2,1-5H3,(H,17,18). The van der Waals surface area contributed by atoms with E-state index in [-0.39, 0.29) is 12.2 Å². The van der Waals surface area contributed by atoms with E-state index in [1.165, 1.54) is 0 Å². The van der Waals surface area contributed by atoms with Gasteiger partial charge in [-0.15, -0.1) is 0 Å². The van der Waals surface area contributed by atoms with Crippen LogP contribution in [0.3, 0.4) is 0 Å². The summed E-state index contributed by atoms with van der Waals surface area (Å²) in [6.45, 7) is 10.2. The summed E-state index contributed by atoms with van der Waals surface area (Å²) in [4.78, 5) is 12.2. The Hall–Kier alpha value is -1.55. The summed E-state index contributed by atoms with van der Waals surface area (Å²) in [7, 11) is 0. The molecular formula is C16H25NO3. The minimum absolute atomic E-state index is 0.0138. The predicted octanol–water partition coefficient (Wildman–Crippen LogP) is 3.82. The van der Waals surface area contributed by atoms with Gasteiger partial charge in [-0.2, -0.15) is 0 Å². The average Bonchev–Trinajstić information content (AvgIpc) is 2.41. The maximum atomic E-state index is 12.2. The fourth-order valence-corrected chi connectivity index (χ4v) is 1.57. The molecule has 20 heavy (non-hydrogen) atoms. The van der Waals surface area contributed by atoms with Gasteiger partial charge in [0.25, 0.3) is 0 Å². The second-order valence-electron chi connectivity index (χ2n) is 5.33. The molecule has 1 unspecified atom stereocenters. The van der Waals surface area contributed by atoms with E-state index >= 15 is 0 Å². The van der Waals surface area contributed by atoms with E-state index in [0.29, 0.717) is 18.0 Å². The van der Waals surface area contributed by atoms with Crippen LogP contribution in [0.25, 0.3) is 0 Å². The number of amides is 1. The largest absolute Gasteiger partial charge is 0.463 e. The molecule has 0 radical (unpaired) electrons. The number of carbonyl (C=O) groups excluding carboxylic acids is 1. The van der Waals surface area contributed by atoms with Gasteiger partial charge in [0.2, 0.25) is 5.91 Å². The molecule has 1 aromatic rings. The fourth-order valence-electron chi connectivity index (χ4n) is 1.57. The summed E-state index contributed by atoms with van der Waals surface area (Å²) >= 11 is 0. The third-order valence-electron chi connectivity index (χ3n) is 3.33. The van der Waals surface area contributed by atoms with Crippen LogP contribution in [0.5, 0.6) is 5.75 Å². The topological polar surface area (TPSA) is 47.6 Å². The van der Waals surface area contributed by atoms with Crippen LogP contribution >= 0.6 is 0 Å². The molecule has 1 amide bonds. The highest BCUT2D eigenvalue weighted by Crippen LogP contribution is 2.28. The number of rotatable bonds is 7. The second kappa shape index (κ2) is 7.29. The van der Waals surface area contributed by atoms with E-state index in [1.807, 2.05) is 58.9 Å². The van der Waals surface area contributed by atoms with Crippen LogP contribution in [-0.4, -0.2) is 18.8 Å². The average molecular weight is 279 g/mol. The summed E-state index contributed by atoms with van der Waals surface area (Å²) in [5.74, 6) is 0.605. The first-order valence-electron chi connectivity index (χ1n) is 7.09. The van der Waals surface area contributed by atoms with E-state index in [2.05, 4.69) is 5.32 Å². The molecule has 1 rings (SSSR count). The minimum atomic E-state index is -0.404. The van der Waals surface area contributed by atoms with Crippen molar-refractivity contribution in [2.45, 2.75) is 47.3 Å². The number of para-hydroxylation sites is 2. The SMILES string of the molecule is CCOC(C)Oc1ccccc1NC(=O)C(C)(C)CC. The maximum absolute atomic E-state index is 12.2. The number of anilines is 1.